The molecule has 20 heavy (non-hydrogen) atoms. The summed E-state index contributed by atoms with van der Waals surface area (Å²) in [4.78, 5) is 0. The van der Waals surface area contributed by atoms with E-state index in [0.717, 1.165) is 39.1 Å². The van der Waals surface area contributed by atoms with Crippen LogP contribution in [0.2, 0.25) is 0 Å². The number of nitrogens with two attached hydrogens (primary N) is 1. The molecule has 4 atom stereocenters. The molecule has 0 aliphatic carbocycles. The summed E-state index contributed by atoms with van der Waals surface area (Å²) in [6.07, 6.45) is 3.14. The van der Waals surface area contributed by atoms with Crippen molar-refractivity contribution in [2.45, 2.75) is 64.7 Å². The SMILES string of the molecule is CCOC(C(N)C1CCOC2(CCOC2)C1)C(C)(C)C. The molecule has 118 valence electrons. The molecular formula is C16H31NO3. The lowest BCUT2D eigenvalue weighted by atomic mass is 9.74. The first-order valence-corrected chi connectivity index (χ1v) is 7.97. The molecule has 4 heteroatoms. The lowest BCUT2D eigenvalue weighted by Crippen LogP contribution is -2.54. The Bertz CT molecular complexity index is 307. The van der Waals surface area contributed by atoms with Crippen LogP contribution in [0.4, 0.5) is 0 Å². The third-order valence-corrected chi connectivity index (χ3v) is 4.69. The molecule has 0 bridgehead atoms. The minimum absolute atomic E-state index is 0.0626. The van der Waals surface area contributed by atoms with E-state index >= 15 is 0 Å². The summed E-state index contributed by atoms with van der Waals surface area (Å²) in [5, 5.41) is 0. The Morgan fingerprint density at radius 3 is 2.65 bits per heavy atom. The molecule has 0 radical (unpaired) electrons. The van der Waals surface area contributed by atoms with Gasteiger partial charge < -0.3 is 19.9 Å². The van der Waals surface area contributed by atoms with Crippen molar-refractivity contribution < 1.29 is 14.2 Å². The monoisotopic (exact) mass is 285 g/mol. The summed E-state index contributed by atoms with van der Waals surface area (Å²) in [7, 11) is 0. The van der Waals surface area contributed by atoms with Crippen LogP contribution in [-0.4, -0.2) is 44.2 Å². The van der Waals surface area contributed by atoms with Gasteiger partial charge in [0, 0.05) is 32.3 Å². The van der Waals surface area contributed by atoms with Gasteiger partial charge in [0.1, 0.15) is 0 Å². The molecule has 0 aromatic heterocycles. The highest BCUT2D eigenvalue weighted by molar-refractivity contribution is 4.97. The number of rotatable bonds is 4. The molecule has 0 aromatic rings. The molecule has 2 N–H and O–H groups in total. The fourth-order valence-electron chi connectivity index (χ4n) is 3.62. The van der Waals surface area contributed by atoms with Gasteiger partial charge in [-0.05, 0) is 31.1 Å². The van der Waals surface area contributed by atoms with Gasteiger partial charge in [-0.15, -0.1) is 0 Å². The Kier molecular flexibility index (Phi) is 5.11. The van der Waals surface area contributed by atoms with Crippen molar-refractivity contribution in [3.05, 3.63) is 0 Å². The zero-order valence-electron chi connectivity index (χ0n) is 13.5. The van der Waals surface area contributed by atoms with Gasteiger partial charge in [-0.2, -0.15) is 0 Å². The average Bonchev–Trinajstić information content (AvgIpc) is 2.82. The zero-order valence-corrected chi connectivity index (χ0v) is 13.5. The van der Waals surface area contributed by atoms with Gasteiger partial charge in [-0.25, -0.2) is 0 Å². The van der Waals surface area contributed by atoms with Crippen LogP contribution < -0.4 is 5.73 Å². The van der Waals surface area contributed by atoms with E-state index in [1.54, 1.807) is 0 Å². The van der Waals surface area contributed by atoms with E-state index in [1.807, 2.05) is 6.92 Å². The third kappa shape index (κ3) is 3.53. The summed E-state index contributed by atoms with van der Waals surface area (Å²) in [5.41, 5.74) is 6.58. The van der Waals surface area contributed by atoms with Crippen molar-refractivity contribution in [3.8, 4) is 0 Å². The molecule has 0 aromatic carbocycles. The topological polar surface area (TPSA) is 53.7 Å². The van der Waals surface area contributed by atoms with Crippen molar-refractivity contribution >= 4 is 0 Å². The van der Waals surface area contributed by atoms with Crippen LogP contribution in [0, 0.1) is 11.3 Å². The first kappa shape index (κ1) is 16.2. The Hall–Kier alpha value is -0.160. The lowest BCUT2D eigenvalue weighted by molar-refractivity contribution is -0.117. The maximum Gasteiger partial charge on any atom is 0.0939 e. The number of ether oxygens (including phenoxy) is 3. The first-order chi connectivity index (χ1) is 9.38. The zero-order chi connectivity index (χ0) is 14.8. The van der Waals surface area contributed by atoms with Crippen molar-refractivity contribution in [3.63, 3.8) is 0 Å². The summed E-state index contributed by atoms with van der Waals surface area (Å²) in [6.45, 7) is 11.7. The molecule has 1 spiro atoms. The second-order valence-corrected chi connectivity index (χ2v) is 7.41. The van der Waals surface area contributed by atoms with E-state index in [0.29, 0.717) is 12.5 Å². The van der Waals surface area contributed by atoms with E-state index in [9.17, 15) is 0 Å². The minimum atomic E-state index is -0.0742. The van der Waals surface area contributed by atoms with E-state index in [4.69, 9.17) is 19.9 Å². The van der Waals surface area contributed by atoms with E-state index < -0.39 is 0 Å². The van der Waals surface area contributed by atoms with Crippen molar-refractivity contribution in [2.75, 3.05) is 26.4 Å². The molecule has 2 heterocycles. The van der Waals surface area contributed by atoms with Gasteiger partial charge >= 0.3 is 0 Å². The average molecular weight is 285 g/mol. The van der Waals surface area contributed by atoms with Gasteiger partial charge in [0.15, 0.2) is 0 Å². The van der Waals surface area contributed by atoms with E-state index in [2.05, 4.69) is 20.8 Å². The minimum Gasteiger partial charge on any atom is -0.378 e. The summed E-state index contributed by atoms with van der Waals surface area (Å²) < 4.78 is 17.5. The third-order valence-electron chi connectivity index (χ3n) is 4.69. The predicted molar refractivity (Wildman–Crippen MR) is 79.7 cm³/mol. The van der Waals surface area contributed by atoms with Gasteiger partial charge in [0.05, 0.1) is 18.3 Å². The Labute approximate surface area is 123 Å². The molecule has 2 aliphatic rings. The number of hydrogen-bond acceptors (Lipinski definition) is 4. The highest BCUT2D eigenvalue weighted by Crippen LogP contribution is 2.39. The maximum atomic E-state index is 6.59. The summed E-state index contributed by atoms with van der Waals surface area (Å²) in [5.74, 6) is 0.459. The van der Waals surface area contributed by atoms with Crippen LogP contribution in [0.1, 0.15) is 47.0 Å². The first-order valence-electron chi connectivity index (χ1n) is 7.97. The van der Waals surface area contributed by atoms with Gasteiger partial charge in [0.2, 0.25) is 0 Å². The van der Waals surface area contributed by atoms with Gasteiger partial charge in [0.25, 0.3) is 0 Å². The fraction of sp³-hybridized carbons (Fsp3) is 1.00. The van der Waals surface area contributed by atoms with Crippen molar-refractivity contribution in [1.29, 1.82) is 0 Å². The Morgan fingerprint density at radius 1 is 1.35 bits per heavy atom. The molecule has 2 rings (SSSR count). The molecule has 0 saturated carbocycles. The van der Waals surface area contributed by atoms with Crippen LogP contribution >= 0.6 is 0 Å². The van der Waals surface area contributed by atoms with Crippen LogP contribution in [-0.2, 0) is 14.2 Å². The molecule has 2 saturated heterocycles. The smallest absolute Gasteiger partial charge is 0.0939 e. The van der Waals surface area contributed by atoms with Crippen LogP contribution in [0.25, 0.3) is 0 Å². The quantitative estimate of drug-likeness (QED) is 0.861. The molecule has 2 aliphatic heterocycles. The lowest BCUT2D eigenvalue weighted by Gasteiger charge is -2.44. The predicted octanol–water partition coefficient (Wildman–Crippen LogP) is 2.35. The number of hydrogen-bond donors (Lipinski definition) is 1. The van der Waals surface area contributed by atoms with E-state index in [-0.39, 0.29) is 23.2 Å². The second-order valence-electron chi connectivity index (χ2n) is 7.41. The Balaban J connectivity index is 2.04. The van der Waals surface area contributed by atoms with Crippen LogP contribution in [0.15, 0.2) is 0 Å². The molecule has 4 unspecified atom stereocenters. The van der Waals surface area contributed by atoms with Gasteiger partial charge in [-0.3, -0.25) is 0 Å². The highest BCUT2D eigenvalue weighted by atomic mass is 16.6. The second kappa shape index (κ2) is 6.30. The molecule has 4 nitrogen and oxygen atoms in total. The van der Waals surface area contributed by atoms with Crippen LogP contribution in [0.5, 0.6) is 0 Å². The molecule has 0 amide bonds. The van der Waals surface area contributed by atoms with Crippen molar-refractivity contribution in [2.24, 2.45) is 17.1 Å². The van der Waals surface area contributed by atoms with Crippen LogP contribution in [0.3, 0.4) is 0 Å². The van der Waals surface area contributed by atoms with Gasteiger partial charge in [-0.1, -0.05) is 20.8 Å². The Morgan fingerprint density at radius 2 is 2.10 bits per heavy atom. The maximum absolute atomic E-state index is 6.59. The highest BCUT2D eigenvalue weighted by Gasteiger charge is 2.45. The summed E-state index contributed by atoms with van der Waals surface area (Å²) >= 11 is 0. The summed E-state index contributed by atoms with van der Waals surface area (Å²) in [6, 6.07) is 0.0660. The normalized spacial score (nSPS) is 34.4. The standard InChI is InChI=1S/C16H31NO3/c1-5-19-14(15(2,3)4)13(17)12-6-8-20-16(10-12)7-9-18-11-16/h12-14H,5-11,17H2,1-4H3. The largest absolute Gasteiger partial charge is 0.378 e. The van der Waals surface area contributed by atoms with E-state index in [1.165, 1.54) is 0 Å². The molecule has 2 fully saturated rings. The van der Waals surface area contributed by atoms with Crippen molar-refractivity contribution in [1.82, 2.24) is 0 Å². The fourth-order valence-corrected chi connectivity index (χ4v) is 3.62. The molecular weight excluding hydrogens is 254 g/mol.